The molecular weight excluding hydrogens is 228 g/mol. The maximum absolute atomic E-state index is 12.0. The number of hydrogen-bond donors (Lipinski definition) is 0. The van der Waals surface area contributed by atoms with Gasteiger partial charge in [-0.2, -0.15) is 0 Å². The molecule has 5 heteroatoms. The van der Waals surface area contributed by atoms with Crippen molar-refractivity contribution in [2.24, 2.45) is 11.0 Å². The molecule has 1 unspecified atom stereocenters. The molecule has 0 spiro atoms. The van der Waals surface area contributed by atoms with Gasteiger partial charge in [-0.25, -0.2) is 0 Å². The number of nitrogens with zero attached hydrogens (tertiary/aromatic N) is 4. The van der Waals surface area contributed by atoms with Crippen molar-refractivity contribution in [3.8, 4) is 0 Å². The van der Waals surface area contributed by atoms with Gasteiger partial charge in [0.05, 0.1) is 0 Å². The molecule has 0 aliphatic carbocycles. The second-order valence-electron chi connectivity index (χ2n) is 4.78. The van der Waals surface area contributed by atoms with Crippen molar-refractivity contribution in [1.82, 2.24) is 0 Å². The molecule has 1 heterocycles. The van der Waals surface area contributed by atoms with Crippen LogP contribution in [0.3, 0.4) is 0 Å². The minimum atomic E-state index is 0.111. The average molecular weight is 244 g/mol. The molecule has 1 fully saturated rings. The average Bonchev–Trinajstić information content (AvgIpc) is 2.68. The molecule has 0 saturated carbocycles. The molecule has 5 nitrogen and oxygen atoms in total. The molecule has 1 amide bonds. The number of benzene rings is 1. The van der Waals surface area contributed by atoms with Crippen molar-refractivity contribution < 1.29 is 4.79 Å². The molecule has 0 bridgehead atoms. The van der Waals surface area contributed by atoms with Crippen LogP contribution in [0.2, 0.25) is 0 Å². The van der Waals surface area contributed by atoms with Gasteiger partial charge in [-0.05, 0) is 36.9 Å². The van der Waals surface area contributed by atoms with E-state index in [1.807, 2.05) is 26.0 Å². The van der Waals surface area contributed by atoms with Gasteiger partial charge in [0.2, 0.25) is 5.91 Å². The Kier molecular flexibility index (Phi) is 3.53. The standard InChI is InChI=1S/C13H16N4O/c1-9-3-4-12(10(2)5-9)17-8-11(6-13(17)18)7-15-16-14/h3-5,11H,6-8H2,1-2H3. The van der Waals surface area contributed by atoms with E-state index < -0.39 is 0 Å². The highest BCUT2D eigenvalue weighted by molar-refractivity contribution is 5.96. The van der Waals surface area contributed by atoms with Crippen LogP contribution in [0.25, 0.3) is 10.4 Å². The fraction of sp³-hybridized carbons (Fsp3) is 0.462. The summed E-state index contributed by atoms with van der Waals surface area (Å²) in [6.07, 6.45) is 0.465. The Bertz CT molecular complexity index is 520. The summed E-state index contributed by atoms with van der Waals surface area (Å²) in [6.45, 7) is 5.08. The lowest BCUT2D eigenvalue weighted by Gasteiger charge is -2.19. The SMILES string of the molecule is Cc1ccc(N2CC(CN=[N+]=[N-])CC2=O)c(C)c1. The lowest BCUT2D eigenvalue weighted by Crippen LogP contribution is -2.25. The quantitative estimate of drug-likeness (QED) is 0.458. The molecular formula is C13H16N4O. The van der Waals surface area contributed by atoms with E-state index in [9.17, 15) is 4.79 Å². The van der Waals surface area contributed by atoms with E-state index in [2.05, 4.69) is 16.1 Å². The summed E-state index contributed by atoms with van der Waals surface area (Å²) >= 11 is 0. The second-order valence-corrected chi connectivity index (χ2v) is 4.78. The van der Waals surface area contributed by atoms with Gasteiger partial charge in [0, 0.05) is 30.1 Å². The van der Waals surface area contributed by atoms with Crippen molar-refractivity contribution in [3.63, 3.8) is 0 Å². The van der Waals surface area contributed by atoms with Crippen molar-refractivity contribution in [1.29, 1.82) is 0 Å². The fourth-order valence-corrected chi connectivity index (χ4v) is 2.40. The Labute approximate surface area is 106 Å². The molecule has 18 heavy (non-hydrogen) atoms. The maximum atomic E-state index is 12.0. The zero-order valence-electron chi connectivity index (χ0n) is 10.6. The van der Waals surface area contributed by atoms with Crippen LogP contribution in [0, 0.1) is 19.8 Å². The van der Waals surface area contributed by atoms with Crippen LogP contribution in [0.1, 0.15) is 17.5 Å². The minimum absolute atomic E-state index is 0.111. The lowest BCUT2D eigenvalue weighted by atomic mass is 10.1. The third kappa shape index (κ3) is 2.46. The predicted octanol–water partition coefficient (Wildman–Crippen LogP) is 2.97. The van der Waals surface area contributed by atoms with Gasteiger partial charge in [-0.3, -0.25) is 4.79 Å². The number of aryl methyl sites for hydroxylation is 2. The van der Waals surface area contributed by atoms with Crippen LogP contribution >= 0.6 is 0 Å². The zero-order chi connectivity index (χ0) is 13.1. The molecule has 1 aromatic carbocycles. The van der Waals surface area contributed by atoms with Crippen LogP contribution in [-0.2, 0) is 4.79 Å². The topological polar surface area (TPSA) is 69.1 Å². The Morgan fingerprint density at radius 3 is 2.94 bits per heavy atom. The van der Waals surface area contributed by atoms with E-state index in [0.717, 1.165) is 11.3 Å². The van der Waals surface area contributed by atoms with Gasteiger partial charge in [0.15, 0.2) is 0 Å². The molecule has 94 valence electrons. The van der Waals surface area contributed by atoms with Gasteiger partial charge in [0.1, 0.15) is 0 Å². The smallest absolute Gasteiger partial charge is 0.227 e. The van der Waals surface area contributed by atoms with Crippen LogP contribution < -0.4 is 4.90 Å². The fourth-order valence-electron chi connectivity index (χ4n) is 2.40. The molecule has 0 aromatic heterocycles. The van der Waals surface area contributed by atoms with E-state index in [-0.39, 0.29) is 11.8 Å². The van der Waals surface area contributed by atoms with Crippen molar-refractivity contribution in [2.45, 2.75) is 20.3 Å². The summed E-state index contributed by atoms with van der Waals surface area (Å²) in [5, 5.41) is 3.55. The Morgan fingerprint density at radius 1 is 1.50 bits per heavy atom. The summed E-state index contributed by atoms with van der Waals surface area (Å²) in [5.74, 6) is 0.245. The molecule has 1 aliphatic heterocycles. The molecule has 1 saturated heterocycles. The number of hydrogen-bond acceptors (Lipinski definition) is 2. The van der Waals surface area contributed by atoms with Gasteiger partial charge in [0.25, 0.3) is 0 Å². The lowest BCUT2D eigenvalue weighted by molar-refractivity contribution is -0.117. The van der Waals surface area contributed by atoms with Crippen molar-refractivity contribution >= 4 is 11.6 Å². The first-order valence-corrected chi connectivity index (χ1v) is 6.00. The van der Waals surface area contributed by atoms with Crippen LogP contribution in [0.4, 0.5) is 5.69 Å². The molecule has 2 rings (SSSR count). The third-order valence-corrected chi connectivity index (χ3v) is 3.25. The molecule has 0 N–H and O–H groups in total. The third-order valence-electron chi connectivity index (χ3n) is 3.25. The van der Waals surface area contributed by atoms with Crippen LogP contribution in [-0.4, -0.2) is 19.0 Å². The minimum Gasteiger partial charge on any atom is -0.312 e. The van der Waals surface area contributed by atoms with Gasteiger partial charge in [-0.15, -0.1) is 0 Å². The van der Waals surface area contributed by atoms with E-state index >= 15 is 0 Å². The Balaban J connectivity index is 2.18. The number of azide groups is 1. The second kappa shape index (κ2) is 5.10. The van der Waals surface area contributed by atoms with Crippen LogP contribution in [0.15, 0.2) is 23.3 Å². The normalized spacial score (nSPS) is 18.9. The Hall–Kier alpha value is -2.00. The highest BCUT2D eigenvalue weighted by Gasteiger charge is 2.30. The van der Waals surface area contributed by atoms with Crippen molar-refractivity contribution in [3.05, 3.63) is 39.8 Å². The van der Waals surface area contributed by atoms with Crippen molar-refractivity contribution in [2.75, 3.05) is 18.0 Å². The number of carbonyl (C=O) groups is 1. The first-order valence-electron chi connectivity index (χ1n) is 6.00. The van der Waals surface area contributed by atoms with Gasteiger partial charge in [-0.1, -0.05) is 22.8 Å². The first-order chi connectivity index (χ1) is 8.61. The highest BCUT2D eigenvalue weighted by Crippen LogP contribution is 2.28. The zero-order valence-corrected chi connectivity index (χ0v) is 10.6. The number of amides is 1. The van der Waals surface area contributed by atoms with E-state index in [1.165, 1.54) is 5.56 Å². The summed E-state index contributed by atoms with van der Waals surface area (Å²) in [5.41, 5.74) is 11.6. The van der Waals surface area contributed by atoms with Gasteiger partial charge < -0.3 is 4.90 Å². The Morgan fingerprint density at radius 2 is 2.28 bits per heavy atom. The number of rotatable bonds is 3. The summed E-state index contributed by atoms with van der Waals surface area (Å²) < 4.78 is 0. The molecule has 1 atom stereocenters. The number of carbonyl (C=O) groups excluding carboxylic acids is 1. The molecule has 1 aliphatic rings. The van der Waals surface area contributed by atoms with E-state index in [1.54, 1.807) is 4.90 Å². The van der Waals surface area contributed by atoms with Gasteiger partial charge >= 0.3 is 0 Å². The maximum Gasteiger partial charge on any atom is 0.227 e. The first kappa shape index (κ1) is 12.5. The molecule has 1 aromatic rings. The number of anilines is 1. The van der Waals surface area contributed by atoms with E-state index in [4.69, 9.17) is 5.53 Å². The summed E-state index contributed by atoms with van der Waals surface area (Å²) in [7, 11) is 0. The summed E-state index contributed by atoms with van der Waals surface area (Å²) in [6, 6.07) is 6.07. The largest absolute Gasteiger partial charge is 0.312 e. The predicted molar refractivity (Wildman–Crippen MR) is 70.4 cm³/mol. The summed E-state index contributed by atoms with van der Waals surface area (Å²) in [4.78, 5) is 16.5. The highest BCUT2D eigenvalue weighted by atomic mass is 16.2. The van der Waals surface area contributed by atoms with Crippen LogP contribution in [0.5, 0.6) is 0 Å². The van der Waals surface area contributed by atoms with E-state index in [0.29, 0.717) is 19.5 Å². The monoisotopic (exact) mass is 244 g/mol. The molecule has 0 radical (unpaired) electrons.